The number of aromatic nitrogens is 2. The van der Waals surface area contributed by atoms with Crippen molar-refractivity contribution < 1.29 is 12.9 Å². The maximum Gasteiger partial charge on any atom is 0.241 e. The Hall–Kier alpha value is -0.950. The van der Waals surface area contributed by atoms with Crippen LogP contribution in [0.1, 0.15) is 18.6 Å². The highest BCUT2D eigenvalue weighted by molar-refractivity contribution is 7.89. The molecule has 80 valence electrons. The van der Waals surface area contributed by atoms with Crippen LogP contribution in [0, 0.1) is 0 Å². The van der Waals surface area contributed by atoms with Crippen molar-refractivity contribution in [2.75, 3.05) is 12.8 Å². The van der Waals surface area contributed by atoms with Crippen molar-refractivity contribution in [3.63, 3.8) is 0 Å². The fourth-order valence-electron chi connectivity index (χ4n) is 0.882. The molecule has 1 heterocycles. The van der Waals surface area contributed by atoms with Crippen molar-refractivity contribution in [3.8, 4) is 0 Å². The molecule has 0 aliphatic carbocycles. The Kier molecular flexibility index (Phi) is 3.59. The van der Waals surface area contributed by atoms with E-state index in [4.69, 9.17) is 4.52 Å². The van der Waals surface area contributed by atoms with Gasteiger partial charge in [-0.3, -0.25) is 0 Å². The molecule has 0 saturated heterocycles. The number of hydrogen-bond acceptors (Lipinski definition) is 6. The van der Waals surface area contributed by atoms with E-state index in [0.717, 1.165) is 12.8 Å². The van der Waals surface area contributed by atoms with Gasteiger partial charge in [-0.05, 0) is 6.54 Å². The molecule has 6 nitrogen and oxygen atoms in total. The lowest BCUT2D eigenvalue weighted by Gasteiger charge is -1.92. The van der Waals surface area contributed by atoms with Crippen LogP contribution in [0.4, 0.5) is 0 Å². The van der Waals surface area contributed by atoms with Crippen LogP contribution >= 0.6 is 0 Å². The fraction of sp³-hybridized carbons (Fsp3) is 0.714. The first-order valence-corrected chi connectivity index (χ1v) is 6.27. The number of sulfone groups is 1. The standard InChI is InChI=1S/C7H13N3O3S/c1-3-8-4-6-9-7(13-10-6)5-14(2,11)12/h8H,3-5H2,1-2H3. The minimum atomic E-state index is -3.10. The summed E-state index contributed by atoms with van der Waals surface area (Å²) in [5.74, 6) is 0.414. The van der Waals surface area contributed by atoms with Gasteiger partial charge in [0.05, 0.1) is 6.54 Å². The van der Waals surface area contributed by atoms with Gasteiger partial charge in [0.2, 0.25) is 5.89 Å². The van der Waals surface area contributed by atoms with Gasteiger partial charge >= 0.3 is 0 Å². The molecule has 14 heavy (non-hydrogen) atoms. The van der Waals surface area contributed by atoms with Crippen molar-refractivity contribution in [2.45, 2.75) is 19.2 Å². The van der Waals surface area contributed by atoms with Gasteiger partial charge in [0, 0.05) is 6.26 Å². The molecule has 0 unspecified atom stereocenters. The molecule has 1 N–H and O–H groups in total. The molecule has 0 aliphatic rings. The van der Waals surface area contributed by atoms with Crippen molar-refractivity contribution in [2.24, 2.45) is 0 Å². The van der Waals surface area contributed by atoms with Crippen LogP contribution in [0.5, 0.6) is 0 Å². The summed E-state index contributed by atoms with van der Waals surface area (Å²) in [6, 6.07) is 0. The number of rotatable bonds is 5. The third-order valence-corrected chi connectivity index (χ3v) is 2.20. The Balaban J connectivity index is 2.59. The molecule has 7 heteroatoms. The predicted octanol–water partition coefficient (Wildman–Crippen LogP) is -0.276. The molecule has 1 rings (SSSR count). The minimum absolute atomic E-state index is 0.139. The van der Waals surface area contributed by atoms with Gasteiger partial charge in [0.15, 0.2) is 15.7 Å². The average molecular weight is 219 g/mol. The number of nitrogens with zero attached hydrogens (tertiary/aromatic N) is 2. The van der Waals surface area contributed by atoms with Crippen LogP contribution in [0.2, 0.25) is 0 Å². The molecular formula is C7H13N3O3S. The van der Waals surface area contributed by atoms with Crippen LogP contribution < -0.4 is 5.32 Å². The Morgan fingerprint density at radius 2 is 2.21 bits per heavy atom. The largest absolute Gasteiger partial charge is 0.338 e. The minimum Gasteiger partial charge on any atom is -0.338 e. The van der Waals surface area contributed by atoms with Gasteiger partial charge in [-0.2, -0.15) is 4.98 Å². The van der Waals surface area contributed by atoms with Crippen LogP contribution in [0.25, 0.3) is 0 Å². The quantitative estimate of drug-likeness (QED) is 0.733. The van der Waals surface area contributed by atoms with Crippen LogP contribution in [0.15, 0.2) is 4.52 Å². The third kappa shape index (κ3) is 3.84. The first-order chi connectivity index (χ1) is 6.51. The summed E-state index contributed by atoms with van der Waals surface area (Å²) in [6.45, 7) is 3.25. The summed E-state index contributed by atoms with van der Waals surface area (Å²) in [5.41, 5.74) is 0. The molecule has 0 saturated carbocycles. The Morgan fingerprint density at radius 3 is 2.79 bits per heavy atom. The van der Waals surface area contributed by atoms with Gasteiger partial charge in [0.1, 0.15) is 5.75 Å². The lowest BCUT2D eigenvalue weighted by atomic mass is 10.6. The molecule has 0 radical (unpaired) electrons. The summed E-state index contributed by atoms with van der Waals surface area (Å²) in [7, 11) is -3.10. The zero-order valence-corrected chi connectivity index (χ0v) is 8.97. The average Bonchev–Trinajstić information content (AvgIpc) is 2.46. The molecule has 0 fully saturated rings. The van der Waals surface area contributed by atoms with Gasteiger partial charge in [-0.25, -0.2) is 8.42 Å². The lowest BCUT2D eigenvalue weighted by molar-refractivity contribution is 0.381. The molecule has 0 aliphatic heterocycles. The first kappa shape index (κ1) is 11.1. The molecule has 0 bridgehead atoms. The van der Waals surface area contributed by atoms with Gasteiger partial charge in [-0.1, -0.05) is 12.1 Å². The van der Waals surface area contributed by atoms with E-state index in [0.29, 0.717) is 12.4 Å². The van der Waals surface area contributed by atoms with E-state index in [-0.39, 0.29) is 11.6 Å². The molecule has 1 aromatic rings. The van der Waals surface area contributed by atoms with E-state index in [2.05, 4.69) is 15.5 Å². The SMILES string of the molecule is CCNCc1noc(CS(C)(=O)=O)n1. The van der Waals surface area contributed by atoms with Gasteiger partial charge < -0.3 is 9.84 Å². The zero-order chi connectivity index (χ0) is 10.6. The second kappa shape index (κ2) is 4.52. The van der Waals surface area contributed by atoms with Crippen LogP contribution in [-0.4, -0.2) is 31.4 Å². The van der Waals surface area contributed by atoms with E-state index >= 15 is 0 Å². The highest BCUT2D eigenvalue weighted by Gasteiger charge is 2.11. The van der Waals surface area contributed by atoms with E-state index < -0.39 is 9.84 Å². The highest BCUT2D eigenvalue weighted by Crippen LogP contribution is 2.01. The van der Waals surface area contributed by atoms with Crippen molar-refractivity contribution in [3.05, 3.63) is 11.7 Å². The van der Waals surface area contributed by atoms with Crippen molar-refractivity contribution >= 4 is 9.84 Å². The van der Waals surface area contributed by atoms with E-state index in [1.165, 1.54) is 0 Å². The lowest BCUT2D eigenvalue weighted by Crippen LogP contribution is -2.12. The second-order valence-electron chi connectivity index (χ2n) is 2.95. The Morgan fingerprint density at radius 1 is 1.50 bits per heavy atom. The maximum atomic E-state index is 10.9. The van der Waals surface area contributed by atoms with Crippen LogP contribution in [0.3, 0.4) is 0 Å². The van der Waals surface area contributed by atoms with Gasteiger partial charge in [0.25, 0.3) is 0 Å². The normalized spacial score (nSPS) is 11.9. The topological polar surface area (TPSA) is 85.1 Å². The molecule has 1 aromatic heterocycles. The number of hydrogen-bond donors (Lipinski definition) is 1. The summed E-state index contributed by atoms with van der Waals surface area (Å²) >= 11 is 0. The summed E-state index contributed by atoms with van der Waals surface area (Å²) < 4.78 is 26.5. The van der Waals surface area contributed by atoms with Crippen LogP contribution in [-0.2, 0) is 22.1 Å². The molecule has 0 spiro atoms. The second-order valence-corrected chi connectivity index (χ2v) is 5.09. The molecule has 0 atom stereocenters. The van der Waals surface area contributed by atoms with Crippen molar-refractivity contribution in [1.29, 1.82) is 0 Å². The predicted molar refractivity (Wildman–Crippen MR) is 50.2 cm³/mol. The zero-order valence-electron chi connectivity index (χ0n) is 8.15. The summed E-state index contributed by atoms with van der Waals surface area (Å²) in [4.78, 5) is 3.91. The van der Waals surface area contributed by atoms with E-state index in [1.807, 2.05) is 6.92 Å². The fourth-order valence-corrected chi connectivity index (χ4v) is 1.45. The van der Waals surface area contributed by atoms with Gasteiger partial charge in [-0.15, -0.1) is 0 Å². The highest BCUT2D eigenvalue weighted by atomic mass is 32.2. The molecular weight excluding hydrogens is 206 g/mol. The Bertz CT molecular complexity index is 385. The third-order valence-electron chi connectivity index (χ3n) is 1.43. The summed E-state index contributed by atoms with van der Waals surface area (Å²) in [6.07, 6.45) is 1.13. The molecule has 0 aromatic carbocycles. The smallest absolute Gasteiger partial charge is 0.241 e. The summed E-state index contributed by atoms with van der Waals surface area (Å²) in [5, 5.41) is 6.63. The van der Waals surface area contributed by atoms with Crippen molar-refractivity contribution in [1.82, 2.24) is 15.5 Å². The number of nitrogens with one attached hydrogen (secondary N) is 1. The van der Waals surface area contributed by atoms with E-state index in [1.54, 1.807) is 0 Å². The van der Waals surface area contributed by atoms with E-state index in [9.17, 15) is 8.42 Å². The monoisotopic (exact) mass is 219 g/mol. The molecule has 0 amide bonds. The Labute approximate surface area is 82.6 Å². The first-order valence-electron chi connectivity index (χ1n) is 4.21. The maximum absolute atomic E-state index is 10.9.